The van der Waals surface area contributed by atoms with Crippen LogP contribution in [0.5, 0.6) is 11.5 Å². The van der Waals surface area contributed by atoms with Crippen LogP contribution in [0.2, 0.25) is 0 Å². The molecule has 0 spiro atoms. The van der Waals surface area contributed by atoms with Crippen LogP contribution in [0.4, 0.5) is 13.2 Å². The van der Waals surface area contributed by atoms with Crippen molar-refractivity contribution in [1.82, 2.24) is 0 Å². The number of carboxylic acid groups (broad SMARTS) is 1. The second kappa shape index (κ2) is 7.28. The summed E-state index contributed by atoms with van der Waals surface area (Å²) in [6, 6.07) is 4.28. The number of alkyl halides is 3. The van der Waals surface area contributed by atoms with Gasteiger partial charge in [-0.25, -0.2) is 4.79 Å². The number of halogens is 3. The Kier molecular flexibility index (Phi) is 6.00. The lowest BCUT2D eigenvalue weighted by molar-refractivity contribution is -0.0329. The van der Waals surface area contributed by atoms with Gasteiger partial charge in [0.05, 0.1) is 13.2 Å². The number of ether oxygens (including phenoxy) is 2. The summed E-state index contributed by atoms with van der Waals surface area (Å²) in [6.45, 7) is 1.72. The van der Waals surface area contributed by atoms with Crippen LogP contribution < -0.4 is 9.47 Å². The third-order valence-electron chi connectivity index (χ3n) is 2.10. The van der Waals surface area contributed by atoms with Gasteiger partial charge in [0.2, 0.25) is 0 Å². The molecule has 0 radical (unpaired) electrons. The third kappa shape index (κ3) is 5.20. The Morgan fingerprint density at radius 2 is 2.05 bits per heavy atom. The first kappa shape index (κ1) is 16.5. The van der Waals surface area contributed by atoms with Crippen LogP contribution in [0, 0.1) is 0 Å². The fourth-order valence-electron chi connectivity index (χ4n) is 1.40. The number of thioether (sulfide) groups is 1. The zero-order valence-electron chi connectivity index (χ0n) is 10.6. The first-order valence-corrected chi connectivity index (χ1v) is 6.66. The van der Waals surface area contributed by atoms with E-state index >= 15 is 0 Å². The Balaban J connectivity index is 2.77. The van der Waals surface area contributed by atoms with E-state index in [1.165, 1.54) is 18.2 Å². The number of hydrogen-bond donors (Lipinski definition) is 1. The standard InChI is InChI=1S/C12H13F3O4S/c1-2-18-9-5-3-4-8(11(16)17)10(9)19-6-7-20-12(13,14)15/h3-5H,2,6-7H2,1H3,(H,16,17). The second-order valence-corrected chi connectivity index (χ2v) is 4.67. The maximum atomic E-state index is 12.0. The number of rotatable bonds is 7. The molecule has 0 aliphatic heterocycles. The highest BCUT2D eigenvalue weighted by atomic mass is 32.2. The summed E-state index contributed by atoms with van der Waals surface area (Å²) in [5.41, 5.74) is -4.48. The van der Waals surface area contributed by atoms with Crippen molar-refractivity contribution in [3.05, 3.63) is 23.8 Å². The average Bonchev–Trinajstić information content (AvgIpc) is 2.34. The SMILES string of the molecule is CCOc1cccc(C(=O)O)c1OCCSC(F)(F)F. The normalized spacial score (nSPS) is 11.2. The number of carbonyl (C=O) groups is 1. The van der Waals surface area contributed by atoms with Gasteiger partial charge < -0.3 is 14.6 Å². The Bertz CT molecular complexity index is 463. The number of benzene rings is 1. The van der Waals surface area contributed by atoms with Gasteiger partial charge in [-0.2, -0.15) is 13.2 Å². The van der Waals surface area contributed by atoms with E-state index in [1.54, 1.807) is 6.92 Å². The van der Waals surface area contributed by atoms with Crippen molar-refractivity contribution in [2.24, 2.45) is 0 Å². The summed E-state index contributed by atoms with van der Waals surface area (Å²) in [4.78, 5) is 11.0. The summed E-state index contributed by atoms with van der Waals surface area (Å²) in [5, 5.41) is 9.02. The van der Waals surface area contributed by atoms with Gasteiger partial charge in [0.15, 0.2) is 11.5 Å². The van der Waals surface area contributed by atoms with E-state index in [0.717, 1.165) is 0 Å². The molecule has 1 rings (SSSR count). The van der Waals surface area contributed by atoms with Crippen molar-refractivity contribution in [3.63, 3.8) is 0 Å². The van der Waals surface area contributed by atoms with Crippen LogP contribution in [0.1, 0.15) is 17.3 Å². The molecule has 1 aromatic carbocycles. The lowest BCUT2D eigenvalue weighted by atomic mass is 10.2. The molecule has 20 heavy (non-hydrogen) atoms. The summed E-state index contributed by atoms with van der Waals surface area (Å²) in [5.74, 6) is -1.41. The van der Waals surface area contributed by atoms with Gasteiger partial charge in [0, 0.05) is 5.75 Å². The Hall–Kier alpha value is -1.57. The Morgan fingerprint density at radius 1 is 1.35 bits per heavy atom. The van der Waals surface area contributed by atoms with Crippen molar-refractivity contribution in [3.8, 4) is 11.5 Å². The minimum Gasteiger partial charge on any atom is -0.490 e. The zero-order valence-corrected chi connectivity index (χ0v) is 11.4. The van der Waals surface area contributed by atoms with Crippen LogP contribution >= 0.6 is 11.8 Å². The summed E-state index contributed by atoms with van der Waals surface area (Å²) in [7, 11) is 0. The molecule has 0 saturated carbocycles. The van der Waals surface area contributed by atoms with Crippen molar-refractivity contribution in [1.29, 1.82) is 0 Å². The molecule has 8 heteroatoms. The Morgan fingerprint density at radius 3 is 2.60 bits per heavy atom. The predicted octanol–water partition coefficient (Wildman–Crippen LogP) is 3.42. The molecule has 112 valence electrons. The molecule has 0 aliphatic carbocycles. The number of carboxylic acids is 1. The monoisotopic (exact) mass is 310 g/mol. The quantitative estimate of drug-likeness (QED) is 0.782. The highest BCUT2D eigenvalue weighted by Gasteiger charge is 2.27. The fourth-order valence-corrected chi connectivity index (χ4v) is 1.80. The van der Waals surface area contributed by atoms with Crippen LogP contribution in [-0.2, 0) is 0 Å². The molecule has 0 fully saturated rings. The zero-order chi connectivity index (χ0) is 15.2. The molecule has 1 N–H and O–H groups in total. The molecule has 4 nitrogen and oxygen atoms in total. The van der Waals surface area contributed by atoms with Gasteiger partial charge >= 0.3 is 11.5 Å². The minimum atomic E-state index is -4.33. The van der Waals surface area contributed by atoms with Gasteiger partial charge in [0.1, 0.15) is 5.56 Å². The van der Waals surface area contributed by atoms with E-state index in [-0.39, 0.29) is 47.8 Å². The Labute approximate surface area is 117 Å². The number of para-hydroxylation sites is 1. The topological polar surface area (TPSA) is 55.8 Å². The highest BCUT2D eigenvalue weighted by molar-refractivity contribution is 8.00. The van der Waals surface area contributed by atoms with Crippen molar-refractivity contribution >= 4 is 17.7 Å². The van der Waals surface area contributed by atoms with E-state index in [0.29, 0.717) is 0 Å². The predicted molar refractivity (Wildman–Crippen MR) is 68.6 cm³/mol. The summed E-state index contributed by atoms with van der Waals surface area (Å²) < 4.78 is 46.3. The van der Waals surface area contributed by atoms with Crippen LogP contribution in [-0.4, -0.2) is 35.6 Å². The van der Waals surface area contributed by atoms with Crippen molar-refractivity contribution in [2.45, 2.75) is 12.4 Å². The van der Waals surface area contributed by atoms with E-state index in [9.17, 15) is 18.0 Å². The molecule has 0 aliphatic rings. The lowest BCUT2D eigenvalue weighted by Crippen LogP contribution is -2.10. The van der Waals surface area contributed by atoms with E-state index in [4.69, 9.17) is 14.6 Å². The number of hydrogen-bond acceptors (Lipinski definition) is 4. The van der Waals surface area contributed by atoms with Gasteiger partial charge in [-0.3, -0.25) is 0 Å². The minimum absolute atomic E-state index is 0.0513. The molecular formula is C12H13F3O4S. The maximum Gasteiger partial charge on any atom is 0.441 e. The third-order valence-corrected chi connectivity index (χ3v) is 2.80. The lowest BCUT2D eigenvalue weighted by Gasteiger charge is -2.14. The largest absolute Gasteiger partial charge is 0.490 e. The smallest absolute Gasteiger partial charge is 0.441 e. The molecular weight excluding hydrogens is 297 g/mol. The van der Waals surface area contributed by atoms with Gasteiger partial charge in [0.25, 0.3) is 0 Å². The molecule has 0 bridgehead atoms. The fraction of sp³-hybridized carbons (Fsp3) is 0.417. The molecule has 1 aromatic rings. The number of aromatic carboxylic acids is 1. The molecule has 0 amide bonds. The van der Waals surface area contributed by atoms with Crippen molar-refractivity contribution < 1.29 is 32.5 Å². The van der Waals surface area contributed by atoms with Crippen LogP contribution in [0.25, 0.3) is 0 Å². The molecule has 0 unspecified atom stereocenters. The summed E-state index contributed by atoms with van der Waals surface area (Å²) in [6.07, 6.45) is 0. The first-order valence-electron chi connectivity index (χ1n) is 5.67. The van der Waals surface area contributed by atoms with Crippen LogP contribution in [0.3, 0.4) is 0 Å². The highest BCUT2D eigenvalue weighted by Crippen LogP contribution is 2.33. The van der Waals surface area contributed by atoms with Crippen LogP contribution in [0.15, 0.2) is 18.2 Å². The second-order valence-electron chi connectivity index (χ2n) is 3.51. The average molecular weight is 310 g/mol. The summed E-state index contributed by atoms with van der Waals surface area (Å²) >= 11 is -0.227. The molecule has 0 atom stereocenters. The van der Waals surface area contributed by atoms with Gasteiger partial charge in [-0.1, -0.05) is 6.07 Å². The maximum absolute atomic E-state index is 12.0. The van der Waals surface area contributed by atoms with Crippen molar-refractivity contribution in [2.75, 3.05) is 19.0 Å². The molecule has 0 saturated heterocycles. The van der Waals surface area contributed by atoms with Gasteiger partial charge in [-0.15, -0.1) is 0 Å². The molecule has 0 aromatic heterocycles. The molecule has 0 heterocycles. The van der Waals surface area contributed by atoms with E-state index < -0.39 is 11.5 Å². The first-order chi connectivity index (χ1) is 9.35. The van der Waals surface area contributed by atoms with Gasteiger partial charge in [-0.05, 0) is 30.8 Å². The van der Waals surface area contributed by atoms with E-state index in [1.807, 2.05) is 0 Å². The van der Waals surface area contributed by atoms with E-state index in [2.05, 4.69) is 0 Å².